The topological polar surface area (TPSA) is 169 Å². The average Bonchev–Trinajstić information content (AvgIpc) is 3.50. The second-order valence-corrected chi connectivity index (χ2v) is 11.8. The van der Waals surface area contributed by atoms with Gasteiger partial charge in [0.1, 0.15) is 27.7 Å². The van der Waals surface area contributed by atoms with Crippen molar-refractivity contribution >= 4 is 57.9 Å². The maximum atomic E-state index is 12.5. The van der Waals surface area contributed by atoms with Crippen molar-refractivity contribution in [2.24, 2.45) is 5.73 Å². The number of fused-ring (bicyclic) bond motifs is 1. The van der Waals surface area contributed by atoms with Crippen molar-refractivity contribution in [3.05, 3.63) is 50.4 Å². The molecule has 0 aliphatic carbocycles. The molecule has 0 bridgehead atoms. The molecule has 0 saturated heterocycles. The molecule has 3 aromatic heterocycles. The molecule has 2 amide bonds. The molecule has 1 aromatic carbocycles. The summed E-state index contributed by atoms with van der Waals surface area (Å²) in [4.78, 5) is 36.1. The van der Waals surface area contributed by atoms with Crippen molar-refractivity contribution in [2.45, 2.75) is 58.7 Å². The number of alkyl carbamates (subject to hydrolysis) is 1. The number of nitrogens with zero attached hydrogens (tertiary/aromatic N) is 6. The number of hydrogen-bond acceptors (Lipinski definition) is 11. The van der Waals surface area contributed by atoms with Gasteiger partial charge in [-0.1, -0.05) is 34.5 Å². The van der Waals surface area contributed by atoms with Gasteiger partial charge in [0, 0.05) is 5.56 Å². The Hall–Kier alpha value is -3.75. The number of halogens is 2. The summed E-state index contributed by atoms with van der Waals surface area (Å²) in [7, 11) is 0. The van der Waals surface area contributed by atoms with Crippen LogP contribution in [0.15, 0.2) is 24.8 Å². The summed E-state index contributed by atoms with van der Waals surface area (Å²) in [5.74, 6) is 0.447. The van der Waals surface area contributed by atoms with Gasteiger partial charge in [0.15, 0.2) is 11.2 Å². The number of nitrogens with one attached hydrogen (secondary N) is 1. The van der Waals surface area contributed by atoms with Crippen LogP contribution in [0.1, 0.15) is 55.2 Å². The fourth-order valence-corrected chi connectivity index (χ4v) is 4.98. The van der Waals surface area contributed by atoms with Crippen molar-refractivity contribution < 1.29 is 23.8 Å². The van der Waals surface area contributed by atoms with E-state index in [2.05, 4.69) is 30.5 Å². The molecule has 0 aliphatic heterocycles. The SMILES string of the molecule is Cc1nnc([C@@H](CCCOc2ccc(Cl)c(Cl)c2Cn2cnc3c(OC(N)=O)ncnc32)NC(=O)OC(C)(C)C)s1. The highest BCUT2D eigenvalue weighted by Crippen LogP contribution is 2.35. The van der Waals surface area contributed by atoms with Crippen LogP contribution < -0.4 is 20.5 Å². The molecular weight excluding hydrogens is 595 g/mol. The van der Waals surface area contributed by atoms with Crippen molar-refractivity contribution in [1.29, 1.82) is 0 Å². The van der Waals surface area contributed by atoms with Crippen LogP contribution in [0, 0.1) is 6.92 Å². The Kier molecular flexibility index (Phi) is 9.46. The van der Waals surface area contributed by atoms with Crippen molar-refractivity contribution in [2.75, 3.05) is 6.61 Å². The molecule has 4 aromatic rings. The Labute approximate surface area is 249 Å². The van der Waals surface area contributed by atoms with E-state index >= 15 is 0 Å². The molecule has 0 fully saturated rings. The van der Waals surface area contributed by atoms with E-state index in [4.69, 9.17) is 43.1 Å². The van der Waals surface area contributed by atoms with Gasteiger partial charge in [-0.05, 0) is 52.7 Å². The molecule has 218 valence electrons. The third-order valence-electron chi connectivity index (χ3n) is 5.47. The summed E-state index contributed by atoms with van der Waals surface area (Å²) < 4.78 is 18.1. The van der Waals surface area contributed by atoms with Gasteiger partial charge in [0.25, 0.3) is 5.88 Å². The first-order valence-corrected chi connectivity index (χ1v) is 14.0. The smallest absolute Gasteiger partial charge is 0.411 e. The van der Waals surface area contributed by atoms with Gasteiger partial charge in [-0.25, -0.2) is 19.6 Å². The van der Waals surface area contributed by atoms with Gasteiger partial charge in [-0.15, -0.1) is 10.2 Å². The summed E-state index contributed by atoms with van der Waals surface area (Å²) in [6.07, 6.45) is 2.27. The monoisotopic (exact) mass is 622 g/mol. The lowest BCUT2D eigenvalue weighted by Crippen LogP contribution is -2.35. The number of ether oxygens (including phenoxy) is 3. The standard InChI is InChI=1S/C25H28Cl2N8O5S/c1-13-33-34-22(41-13)16(32-24(37)40-25(2,3)4)6-5-9-38-17-8-7-15(26)18(27)14(17)10-35-12-31-19-20(35)29-11-30-21(19)39-23(28)36/h7-8,11-12,16H,5-6,9-10H2,1-4H3,(H2,28,36)(H,32,37)/t16-/m1/s1. The molecule has 3 N–H and O–H groups in total. The second kappa shape index (κ2) is 12.8. The highest BCUT2D eigenvalue weighted by Gasteiger charge is 2.23. The predicted molar refractivity (Wildman–Crippen MR) is 153 cm³/mol. The van der Waals surface area contributed by atoms with E-state index in [1.54, 1.807) is 37.5 Å². The molecule has 0 saturated carbocycles. The van der Waals surface area contributed by atoms with Crippen molar-refractivity contribution in [3.8, 4) is 11.6 Å². The van der Waals surface area contributed by atoms with Crippen molar-refractivity contribution in [3.63, 3.8) is 0 Å². The zero-order valence-electron chi connectivity index (χ0n) is 22.7. The molecule has 3 heterocycles. The Balaban J connectivity index is 1.47. The maximum Gasteiger partial charge on any atom is 0.411 e. The molecule has 16 heteroatoms. The Morgan fingerprint density at radius 1 is 1.17 bits per heavy atom. The van der Waals surface area contributed by atoms with Gasteiger partial charge in [-0.3, -0.25) is 0 Å². The number of carbonyl (C=O) groups is 2. The number of imidazole rings is 1. The molecule has 13 nitrogen and oxygen atoms in total. The van der Waals surface area contributed by atoms with Crippen LogP contribution in [0.2, 0.25) is 10.0 Å². The number of aryl methyl sites for hydroxylation is 1. The molecule has 0 unspecified atom stereocenters. The van der Waals surface area contributed by atoms with Gasteiger partial charge >= 0.3 is 12.2 Å². The summed E-state index contributed by atoms with van der Waals surface area (Å²) in [5.41, 5.74) is 5.72. The highest BCUT2D eigenvalue weighted by molar-refractivity contribution is 7.11. The third-order valence-corrected chi connectivity index (χ3v) is 7.27. The number of primary amides is 1. The molecule has 1 atom stereocenters. The summed E-state index contributed by atoms with van der Waals surface area (Å²) in [6.45, 7) is 7.75. The first-order valence-electron chi connectivity index (χ1n) is 12.4. The fraction of sp³-hybridized carbons (Fsp3) is 0.400. The largest absolute Gasteiger partial charge is 0.493 e. The number of rotatable bonds is 10. The van der Waals surface area contributed by atoms with Gasteiger partial charge in [0.2, 0.25) is 0 Å². The molecule has 0 radical (unpaired) electrons. The van der Waals surface area contributed by atoms with Crippen LogP contribution in [0.25, 0.3) is 11.2 Å². The Morgan fingerprint density at radius 2 is 1.95 bits per heavy atom. The average molecular weight is 624 g/mol. The number of carbonyl (C=O) groups excluding carboxylic acids is 2. The maximum absolute atomic E-state index is 12.5. The first-order chi connectivity index (χ1) is 19.4. The molecule has 4 rings (SSSR count). The third kappa shape index (κ3) is 7.93. The van der Waals surface area contributed by atoms with E-state index in [0.29, 0.717) is 51.5 Å². The molecular formula is C25H28Cl2N8O5S. The lowest BCUT2D eigenvalue weighted by atomic mass is 10.1. The lowest BCUT2D eigenvalue weighted by molar-refractivity contribution is 0.0499. The van der Waals surface area contributed by atoms with Crippen LogP contribution >= 0.6 is 34.5 Å². The zero-order chi connectivity index (χ0) is 29.7. The van der Waals surface area contributed by atoms with E-state index < -0.39 is 23.8 Å². The second-order valence-electron chi connectivity index (χ2n) is 9.83. The van der Waals surface area contributed by atoms with Crippen molar-refractivity contribution in [1.82, 2.24) is 35.0 Å². The van der Waals surface area contributed by atoms with Crippen LogP contribution in [0.3, 0.4) is 0 Å². The highest BCUT2D eigenvalue weighted by atomic mass is 35.5. The first kappa shape index (κ1) is 30.2. The normalized spacial score (nSPS) is 12.2. The lowest BCUT2D eigenvalue weighted by Gasteiger charge is -2.22. The van der Waals surface area contributed by atoms with Gasteiger partial charge < -0.3 is 29.8 Å². The molecule has 41 heavy (non-hydrogen) atoms. The zero-order valence-corrected chi connectivity index (χ0v) is 25.0. The summed E-state index contributed by atoms with van der Waals surface area (Å²) >= 11 is 14.3. The number of hydrogen-bond donors (Lipinski definition) is 2. The minimum Gasteiger partial charge on any atom is -0.493 e. The van der Waals surface area contributed by atoms with Crippen LogP contribution in [0.5, 0.6) is 11.6 Å². The van der Waals surface area contributed by atoms with E-state index in [1.165, 1.54) is 24.0 Å². The van der Waals surface area contributed by atoms with Gasteiger partial charge in [-0.2, -0.15) is 4.98 Å². The number of benzene rings is 1. The quantitative estimate of drug-likeness (QED) is 0.223. The van der Waals surface area contributed by atoms with E-state index in [-0.39, 0.29) is 17.9 Å². The summed E-state index contributed by atoms with van der Waals surface area (Å²) in [5, 5.41) is 13.3. The molecule has 0 aliphatic rings. The Bertz CT molecular complexity index is 1550. The van der Waals surface area contributed by atoms with E-state index in [0.717, 1.165) is 5.01 Å². The van der Waals surface area contributed by atoms with Crippen LogP contribution in [-0.2, 0) is 11.3 Å². The number of amides is 2. The van der Waals surface area contributed by atoms with Crippen LogP contribution in [-0.4, -0.2) is 54.1 Å². The number of aromatic nitrogens is 6. The predicted octanol–water partition coefficient (Wildman–Crippen LogP) is 5.22. The van der Waals surface area contributed by atoms with Crippen LogP contribution in [0.4, 0.5) is 9.59 Å². The van der Waals surface area contributed by atoms with E-state index in [9.17, 15) is 9.59 Å². The number of nitrogens with two attached hydrogens (primary N) is 1. The van der Waals surface area contributed by atoms with Gasteiger partial charge in [0.05, 0.1) is 35.6 Å². The minimum absolute atomic E-state index is 0.0601. The fourth-order valence-electron chi connectivity index (χ4n) is 3.80. The minimum atomic E-state index is -1.02. The van der Waals surface area contributed by atoms with E-state index in [1.807, 2.05) is 6.92 Å². The Morgan fingerprint density at radius 3 is 2.63 bits per heavy atom. The molecule has 0 spiro atoms. The summed E-state index contributed by atoms with van der Waals surface area (Å²) in [6, 6.07) is 2.97.